The summed E-state index contributed by atoms with van der Waals surface area (Å²) in [5, 5.41) is 3.83. The van der Waals surface area contributed by atoms with Crippen LogP contribution in [0.2, 0.25) is 5.02 Å². The smallest absolute Gasteiger partial charge is 0.337 e. The molecule has 2 aromatic rings. The molecule has 2 aromatic carbocycles. The molecule has 0 spiro atoms. The fraction of sp³-hybridized carbons (Fsp3) is 0.105. The molecular weight excluding hydrogens is 372 g/mol. The van der Waals surface area contributed by atoms with Crippen molar-refractivity contribution >= 4 is 46.9 Å². The van der Waals surface area contributed by atoms with Crippen molar-refractivity contribution in [2.45, 2.75) is 6.54 Å². The number of hydrogen-bond donors (Lipinski definition) is 1. The van der Waals surface area contributed by atoms with Gasteiger partial charge in [-0.25, -0.2) is 4.79 Å². The van der Waals surface area contributed by atoms with Crippen molar-refractivity contribution in [2.75, 3.05) is 7.11 Å². The van der Waals surface area contributed by atoms with E-state index in [9.17, 15) is 9.59 Å². The van der Waals surface area contributed by atoms with E-state index in [2.05, 4.69) is 10.1 Å². The number of methoxy groups -OCH3 is 1. The quantitative estimate of drug-likeness (QED) is 0.496. The molecule has 0 radical (unpaired) electrons. The number of carbonyl (C=O) groups excluding carboxylic acids is 2. The number of nitrogens with zero attached hydrogens (tertiary/aromatic N) is 1. The first-order valence-corrected chi connectivity index (χ1v) is 8.54. The maximum Gasteiger partial charge on any atom is 0.337 e. The lowest BCUT2D eigenvalue weighted by atomic mass is 10.1. The first-order valence-electron chi connectivity index (χ1n) is 7.76. The fourth-order valence-corrected chi connectivity index (χ4v) is 2.97. The minimum Gasteiger partial charge on any atom is -0.465 e. The fourth-order valence-electron chi connectivity index (χ4n) is 2.51. The van der Waals surface area contributed by atoms with Crippen LogP contribution in [0, 0.1) is 0 Å². The monoisotopic (exact) mass is 386 g/mol. The molecule has 1 N–H and O–H groups in total. The maximum atomic E-state index is 12.6. The standard InChI is InChI=1S/C19H15ClN2O3S/c1-25-18(24)13-8-6-12(7-9-13)10-16-17(23)22(19(26)21-16)11-14-4-2-3-5-15(14)20/h2-10H,11H2,1H3,(H,21,26)/b16-10-. The molecule has 5 nitrogen and oxygen atoms in total. The molecule has 0 atom stereocenters. The van der Waals surface area contributed by atoms with Gasteiger partial charge in [-0.05, 0) is 47.6 Å². The summed E-state index contributed by atoms with van der Waals surface area (Å²) in [6.07, 6.45) is 1.68. The Balaban J connectivity index is 1.79. The lowest BCUT2D eigenvalue weighted by molar-refractivity contribution is -0.122. The molecule has 3 rings (SSSR count). The van der Waals surface area contributed by atoms with Crippen molar-refractivity contribution in [1.29, 1.82) is 0 Å². The molecule has 1 aliphatic rings. The van der Waals surface area contributed by atoms with Crippen LogP contribution < -0.4 is 5.32 Å². The van der Waals surface area contributed by atoms with Gasteiger partial charge in [0.2, 0.25) is 0 Å². The largest absolute Gasteiger partial charge is 0.465 e. The number of hydrogen-bond acceptors (Lipinski definition) is 4. The van der Waals surface area contributed by atoms with Gasteiger partial charge in [-0.1, -0.05) is 41.9 Å². The van der Waals surface area contributed by atoms with E-state index >= 15 is 0 Å². The second kappa shape index (κ2) is 7.68. The van der Waals surface area contributed by atoms with E-state index in [1.807, 2.05) is 18.2 Å². The zero-order valence-corrected chi connectivity index (χ0v) is 15.4. The topological polar surface area (TPSA) is 58.6 Å². The van der Waals surface area contributed by atoms with Gasteiger partial charge in [0.25, 0.3) is 5.91 Å². The summed E-state index contributed by atoms with van der Waals surface area (Å²) >= 11 is 11.4. The van der Waals surface area contributed by atoms with Gasteiger partial charge in [-0.3, -0.25) is 9.69 Å². The Hall–Kier alpha value is -2.70. The average molecular weight is 387 g/mol. The third-order valence-electron chi connectivity index (χ3n) is 3.89. The van der Waals surface area contributed by atoms with Gasteiger partial charge in [0.1, 0.15) is 5.70 Å². The number of rotatable bonds is 4. The second-order valence-electron chi connectivity index (χ2n) is 5.58. The van der Waals surface area contributed by atoms with Gasteiger partial charge in [0, 0.05) is 5.02 Å². The molecule has 0 saturated carbocycles. The number of amides is 1. The highest BCUT2D eigenvalue weighted by Gasteiger charge is 2.30. The predicted octanol–water partition coefficient (Wildman–Crippen LogP) is 3.38. The van der Waals surface area contributed by atoms with Gasteiger partial charge < -0.3 is 10.1 Å². The first kappa shape index (κ1) is 18.1. The van der Waals surface area contributed by atoms with Crippen LogP contribution in [0.15, 0.2) is 54.2 Å². The minimum atomic E-state index is -0.411. The van der Waals surface area contributed by atoms with Gasteiger partial charge >= 0.3 is 5.97 Å². The number of ether oxygens (including phenoxy) is 1. The van der Waals surface area contributed by atoms with Crippen LogP contribution in [0.5, 0.6) is 0 Å². The predicted molar refractivity (Wildman–Crippen MR) is 103 cm³/mol. The summed E-state index contributed by atoms with van der Waals surface area (Å²) in [5.74, 6) is -0.640. The molecule has 1 heterocycles. The molecule has 0 unspecified atom stereocenters. The Kier molecular flexibility index (Phi) is 5.35. The Morgan fingerprint density at radius 3 is 2.58 bits per heavy atom. The zero-order valence-electron chi connectivity index (χ0n) is 13.9. The number of benzene rings is 2. The number of halogens is 1. The summed E-state index contributed by atoms with van der Waals surface area (Å²) in [6.45, 7) is 0.295. The van der Waals surface area contributed by atoms with Gasteiger partial charge in [-0.2, -0.15) is 0 Å². The molecular formula is C19H15ClN2O3S. The molecule has 7 heteroatoms. The van der Waals surface area contributed by atoms with Gasteiger partial charge in [0.15, 0.2) is 5.11 Å². The van der Waals surface area contributed by atoms with Gasteiger partial charge in [0.05, 0.1) is 19.2 Å². The first-order chi connectivity index (χ1) is 12.5. The molecule has 0 bridgehead atoms. The van der Waals surface area contributed by atoms with Crippen molar-refractivity contribution in [3.63, 3.8) is 0 Å². The molecule has 0 aliphatic carbocycles. The summed E-state index contributed by atoms with van der Waals surface area (Å²) in [6, 6.07) is 14.0. The Morgan fingerprint density at radius 1 is 1.23 bits per heavy atom. The Bertz CT molecular complexity index is 909. The van der Waals surface area contributed by atoms with Crippen LogP contribution in [0.4, 0.5) is 0 Å². The highest BCUT2D eigenvalue weighted by atomic mass is 35.5. The van der Waals surface area contributed by atoms with Crippen molar-refractivity contribution in [2.24, 2.45) is 0 Å². The van der Waals surface area contributed by atoms with E-state index in [1.165, 1.54) is 12.0 Å². The van der Waals surface area contributed by atoms with Crippen LogP contribution in [0.25, 0.3) is 6.08 Å². The molecule has 1 amide bonds. The minimum absolute atomic E-state index is 0.230. The number of thiocarbonyl (C=S) groups is 1. The van der Waals surface area contributed by atoms with E-state index in [-0.39, 0.29) is 5.91 Å². The third-order valence-corrected chi connectivity index (χ3v) is 4.58. The second-order valence-corrected chi connectivity index (χ2v) is 6.38. The molecule has 1 fully saturated rings. The highest BCUT2D eigenvalue weighted by Crippen LogP contribution is 2.21. The molecule has 132 valence electrons. The van der Waals surface area contributed by atoms with Crippen LogP contribution in [-0.4, -0.2) is 29.0 Å². The Labute approximate surface area is 161 Å². The van der Waals surface area contributed by atoms with Crippen molar-refractivity contribution < 1.29 is 14.3 Å². The Morgan fingerprint density at radius 2 is 1.92 bits per heavy atom. The van der Waals surface area contributed by atoms with E-state index in [4.69, 9.17) is 23.8 Å². The molecule has 1 aliphatic heterocycles. The van der Waals surface area contributed by atoms with Crippen molar-refractivity contribution in [3.05, 3.63) is 75.9 Å². The summed E-state index contributed by atoms with van der Waals surface area (Å²) in [5.41, 5.74) is 2.38. The van der Waals surface area contributed by atoms with Crippen LogP contribution in [0.1, 0.15) is 21.5 Å². The normalized spacial score (nSPS) is 15.3. The van der Waals surface area contributed by atoms with Crippen LogP contribution in [0.3, 0.4) is 0 Å². The van der Waals surface area contributed by atoms with E-state index in [1.54, 1.807) is 36.4 Å². The lowest BCUT2D eigenvalue weighted by Crippen LogP contribution is -2.30. The third kappa shape index (κ3) is 3.76. The summed E-state index contributed by atoms with van der Waals surface area (Å²) < 4.78 is 4.67. The lowest BCUT2D eigenvalue weighted by Gasteiger charge is -2.14. The van der Waals surface area contributed by atoms with Crippen molar-refractivity contribution in [3.8, 4) is 0 Å². The van der Waals surface area contributed by atoms with E-state index < -0.39 is 5.97 Å². The van der Waals surface area contributed by atoms with E-state index in [0.717, 1.165) is 11.1 Å². The zero-order chi connectivity index (χ0) is 18.7. The van der Waals surface area contributed by atoms with Gasteiger partial charge in [-0.15, -0.1) is 0 Å². The molecule has 1 saturated heterocycles. The van der Waals surface area contributed by atoms with Crippen LogP contribution >= 0.6 is 23.8 Å². The SMILES string of the molecule is COC(=O)c1ccc(/C=C2\NC(=S)N(Cc3ccccc3Cl)C2=O)cc1. The van der Waals surface area contributed by atoms with Crippen molar-refractivity contribution in [1.82, 2.24) is 10.2 Å². The number of carbonyl (C=O) groups is 2. The van der Waals surface area contributed by atoms with Crippen LogP contribution in [-0.2, 0) is 16.1 Å². The molecule has 26 heavy (non-hydrogen) atoms. The highest BCUT2D eigenvalue weighted by molar-refractivity contribution is 7.80. The molecule has 0 aromatic heterocycles. The maximum absolute atomic E-state index is 12.6. The summed E-state index contributed by atoms with van der Waals surface area (Å²) in [4.78, 5) is 25.6. The number of nitrogens with one attached hydrogen (secondary N) is 1. The average Bonchev–Trinajstić information content (AvgIpc) is 2.91. The summed E-state index contributed by atoms with van der Waals surface area (Å²) in [7, 11) is 1.33. The number of esters is 1. The van der Waals surface area contributed by atoms with E-state index in [0.29, 0.717) is 27.9 Å².